The van der Waals surface area contributed by atoms with Crippen LogP contribution in [0, 0.1) is 13.8 Å². The molecule has 0 amide bonds. The normalized spacial score (nSPS) is 10.8. The third kappa shape index (κ3) is 4.10. The number of aryl methyl sites for hydroxylation is 2. The Kier molecular flexibility index (Phi) is 5.74. The summed E-state index contributed by atoms with van der Waals surface area (Å²) in [6.45, 7) is 5.25. The highest BCUT2D eigenvalue weighted by molar-refractivity contribution is 5.97. The standard InChI is InChI=1S/C25H23N3O5/c1-14-7-5-6-8-21(14)28-24(26-20-10-9-18(32-4)12-19(20)25(30)31)23(15(2)27-28)17-11-22(16(3)29)33-13-17/h5-13,26H,1-4H3,(H,30,31). The summed E-state index contributed by atoms with van der Waals surface area (Å²) in [7, 11) is 1.48. The van der Waals surface area contributed by atoms with Crippen LogP contribution in [0.15, 0.2) is 59.2 Å². The number of para-hydroxylation sites is 1. The molecule has 0 bridgehead atoms. The van der Waals surface area contributed by atoms with Gasteiger partial charge >= 0.3 is 5.97 Å². The van der Waals surface area contributed by atoms with Gasteiger partial charge in [0.1, 0.15) is 11.6 Å². The first-order valence-corrected chi connectivity index (χ1v) is 10.2. The zero-order chi connectivity index (χ0) is 23.7. The number of anilines is 2. The second-order valence-electron chi connectivity index (χ2n) is 7.60. The molecule has 0 aliphatic heterocycles. The van der Waals surface area contributed by atoms with Gasteiger partial charge in [-0.05, 0) is 49.7 Å². The van der Waals surface area contributed by atoms with Crippen LogP contribution in [0.4, 0.5) is 11.5 Å². The Labute approximate surface area is 190 Å². The molecule has 168 valence electrons. The lowest BCUT2D eigenvalue weighted by Gasteiger charge is -2.15. The van der Waals surface area contributed by atoms with Gasteiger partial charge in [0.05, 0.1) is 41.6 Å². The van der Waals surface area contributed by atoms with Crippen molar-refractivity contribution in [2.75, 3.05) is 12.4 Å². The number of carboxylic acids is 1. The second-order valence-corrected chi connectivity index (χ2v) is 7.60. The molecule has 4 rings (SSSR count). The molecule has 2 aromatic carbocycles. The Hall–Kier alpha value is -4.33. The molecule has 0 fully saturated rings. The Morgan fingerprint density at radius 3 is 2.52 bits per heavy atom. The number of hydrogen-bond acceptors (Lipinski definition) is 6. The van der Waals surface area contributed by atoms with E-state index in [1.165, 1.54) is 26.4 Å². The first-order chi connectivity index (χ1) is 15.8. The summed E-state index contributed by atoms with van der Waals surface area (Å²) in [5, 5.41) is 17.8. The van der Waals surface area contributed by atoms with Crippen molar-refractivity contribution < 1.29 is 23.8 Å². The molecule has 8 nitrogen and oxygen atoms in total. The minimum Gasteiger partial charge on any atom is -0.497 e. The topological polar surface area (TPSA) is 107 Å². The van der Waals surface area contributed by atoms with Crippen LogP contribution in [0.25, 0.3) is 16.8 Å². The van der Waals surface area contributed by atoms with Gasteiger partial charge in [-0.1, -0.05) is 18.2 Å². The lowest BCUT2D eigenvalue weighted by molar-refractivity contribution is 0.0697. The molecule has 0 spiro atoms. The number of carboxylic acid groups (broad SMARTS) is 1. The van der Waals surface area contributed by atoms with Crippen molar-refractivity contribution in [2.24, 2.45) is 0 Å². The van der Waals surface area contributed by atoms with Crippen LogP contribution in [0.3, 0.4) is 0 Å². The highest BCUT2D eigenvalue weighted by Gasteiger charge is 2.23. The fourth-order valence-electron chi connectivity index (χ4n) is 3.68. The molecule has 0 aliphatic carbocycles. The Morgan fingerprint density at radius 2 is 1.88 bits per heavy atom. The number of ether oxygens (including phenoxy) is 1. The quantitative estimate of drug-likeness (QED) is 0.367. The van der Waals surface area contributed by atoms with E-state index in [1.54, 1.807) is 22.9 Å². The van der Waals surface area contributed by atoms with Gasteiger partial charge in [0.25, 0.3) is 0 Å². The van der Waals surface area contributed by atoms with Gasteiger partial charge < -0.3 is 19.6 Å². The molecule has 0 radical (unpaired) electrons. The van der Waals surface area contributed by atoms with Crippen molar-refractivity contribution in [3.8, 4) is 22.6 Å². The highest BCUT2D eigenvalue weighted by atomic mass is 16.5. The third-order valence-electron chi connectivity index (χ3n) is 5.35. The summed E-state index contributed by atoms with van der Waals surface area (Å²) < 4.78 is 12.4. The van der Waals surface area contributed by atoms with E-state index >= 15 is 0 Å². The van der Waals surface area contributed by atoms with Crippen LogP contribution in [0.5, 0.6) is 5.75 Å². The number of nitrogens with zero attached hydrogens (tertiary/aromatic N) is 2. The highest BCUT2D eigenvalue weighted by Crippen LogP contribution is 2.38. The van der Waals surface area contributed by atoms with E-state index < -0.39 is 5.97 Å². The van der Waals surface area contributed by atoms with Crippen LogP contribution in [-0.2, 0) is 0 Å². The first kappa shape index (κ1) is 21.9. The van der Waals surface area contributed by atoms with Gasteiger partial charge in [-0.25, -0.2) is 9.48 Å². The number of Topliss-reactive ketones (excluding diaryl/α,β-unsaturated/α-hetero) is 1. The number of carbonyl (C=O) groups is 2. The molecule has 33 heavy (non-hydrogen) atoms. The number of rotatable bonds is 7. The molecule has 8 heteroatoms. The van der Waals surface area contributed by atoms with Crippen LogP contribution in [-0.4, -0.2) is 33.7 Å². The molecule has 4 aromatic rings. The number of methoxy groups -OCH3 is 1. The summed E-state index contributed by atoms with van der Waals surface area (Å²) in [6, 6.07) is 14.2. The van der Waals surface area contributed by atoms with Gasteiger partial charge in [-0.15, -0.1) is 0 Å². The average molecular weight is 445 g/mol. The van der Waals surface area contributed by atoms with Crippen molar-refractivity contribution >= 4 is 23.3 Å². The summed E-state index contributed by atoms with van der Waals surface area (Å²) in [5.41, 5.74) is 4.27. The predicted molar refractivity (Wildman–Crippen MR) is 124 cm³/mol. The predicted octanol–water partition coefficient (Wildman–Crippen LogP) is 5.40. The largest absolute Gasteiger partial charge is 0.497 e. The van der Waals surface area contributed by atoms with Crippen LogP contribution >= 0.6 is 0 Å². The fraction of sp³-hybridized carbons (Fsp3) is 0.160. The molecule has 0 aliphatic rings. The molecule has 0 saturated carbocycles. The van der Waals surface area contributed by atoms with Gasteiger partial charge in [0.2, 0.25) is 0 Å². The fourth-order valence-corrected chi connectivity index (χ4v) is 3.68. The van der Waals surface area contributed by atoms with Crippen molar-refractivity contribution in [1.29, 1.82) is 0 Å². The zero-order valence-corrected chi connectivity index (χ0v) is 18.7. The third-order valence-corrected chi connectivity index (χ3v) is 5.35. The Bertz CT molecular complexity index is 1370. The van der Waals surface area contributed by atoms with Crippen molar-refractivity contribution in [2.45, 2.75) is 20.8 Å². The van der Waals surface area contributed by atoms with Gasteiger partial charge in [-0.2, -0.15) is 5.10 Å². The lowest BCUT2D eigenvalue weighted by Crippen LogP contribution is -2.08. The number of benzene rings is 2. The number of furan rings is 1. The smallest absolute Gasteiger partial charge is 0.337 e. The number of aromatic carboxylic acids is 1. The van der Waals surface area contributed by atoms with Gasteiger partial charge in [0, 0.05) is 12.5 Å². The first-order valence-electron chi connectivity index (χ1n) is 10.2. The number of ketones is 1. The SMILES string of the molecule is COc1ccc(Nc2c(-c3coc(C(C)=O)c3)c(C)nn2-c2ccccc2C)c(C(=O)O)c1. The summed E-state index contributed by atoms with van der Waals surface area (Å²) in [5.74, 6) is -0.0791. The molecular weight excluding hydrogens is 422 g/mol. The maximum absolute atomic E-state index is 12.0. The maximum Gasteiger partial charge on any atom is 0.337 e. The minimum atomic E-state index is -1.10. The van der Waals surface area contributed by atoms with Crippen molar-refractivity contribution in [1.82, 2.24) is 9.78 Å². The lowest BCUT2D eigenvalue weighted by atomic mass is 10.1. The van der Waals surface area contributed by atoms with Crippen molar-refractivity contribution in [3.05, 3.63) is 77.4 Å². The zero-order valence-electron chi connectivity index (χ0n) is 18.7. The van der Waals surface area contributed by atoms with E-state index in [9.17, 15) is 14.7 Å². The Balaban J connectivity index is 1.94. The van der Waals surface area contributed by atoms with Crippen LogP contribution in [0.1, 0.15) is 39.1 Å². The molecular formula is C25H23N3O5. The number of nitrogens with one attached hydrogen (secondary N) is 1. The minimum absolute atomic E-state index is 0.0482. The summed E-state index contributed by atoms with van der Waals surface area (Å²) >= 11 is 0. The second kappa shape index (κ2) is 8.66. The van der Waals surface area contributed by atoms with Crippen molar-refractivity contribution in [3.63, 3.8) is 0 Å². The maximum atomic E-state index is 12.0. The van der Waals surface area contributed by atoms with Crippen LogP contribution < -0.4 is 10.1 Å². The summed E-state index contributed by atoms with van der Waals surface area (Å²) in [6.07, 6.45) is 1.50. The molecule has 2 N–H and O–H groups in total. The average Bonchev–Trinajstić information content (AvgIpc) is 3.39. The molecule has 0 saturated heterocycles. The Morgan fingerprint density at radius 1 is 1.12 bits per heavy atom. The monoisotopic (exact) mass is 445 g/mol. The van der Waals surface area contributed by atoms with Gasteiger partial charge in [-0.3, -0.25) is 4.79 Å². The van der Waals surface area contributed by atoms with E-state index in [-0.39, 0.29) is 17.1 Å². The number of aromatic nitrogens is 2. The molecule has 0 unspecified atom stereocenters. The van der Waals surface area contributed by atoms with Gasteiger partial charge in [0.15, 0.2) is 11.5 Å². The number of carbonyl (C=O) groups excluding carboxylic acids is 1. The van der Waals surface area contributed by atoms with E-state index in [0.29, 0.717) is 34.1 Å². The van der Waals surface area contributed by atoms with E-state index in [0.717, 1.165) is 11.3 Å². The molecule has 2 aromatic heterocycles. The van der Waals surface area contributed by atoms with E-state index in [1.807, 2.05) is 38.1 Å². The molecule has 0 atom stereocenters. The van der Waals surface area contributed by atoms with E-state index in [4.69, 9.17) is 14.3 Å². The van der Waals surface area contributed by atoms with E-state index in [2.05, 4.69) is 5.32 Å². The van der Waals surface area contributed by atoms with Crippen LogP contribution in [0.2, 0.25) is 0 Å². The number of hydrogen-bond donors (Lipinski definition) is 2. The molecule has 2 heterocycles. The summed E-state index contributed by atoms with van der Waals surface area (Å²) in [4.78, 5) is 23.8.